The Bertz CT molecular complexity index is 544. The highest BCUT2D eigenvalue weighted by Crippen LogP contribution is 2.20. The van der Waals surface area contributed by atoms with E-state index < -0.39 is 5.97 Å². The van der Waals surface area contributed by atoms with Gasteiger partial charge in [-0.3, -0.25) is 4.79 Å². The van der Waals surface area contributed by atoms with Gasteiger partial charge < -0.3 is 14.6 Å². The number of aromatic amines is 1. The molecule has 0 saturated carbocycles. The van der Waals surface area contributed by atoms with Crippen LogP contribution in [0.2, 0.25) is 0 Å². The topological polar surface area (TPSA) is 62.4 Å². The number of carbonyl (C=O) groups is 2. The third-order valence-corrected chi connectivity index (χ3v) is 3.17. The standard InChI is InChI=1S/C15H22N2O3/c1-7-17(8-9(2)3)14(18)13-10(4)12(11(5)16-13)15(19)20-6/h16H,2,7-8H2,1,3-6H3. The number of likely N-dealkylation sites (N-methyl/N-ethyl adjacent to an activating group) is 1. The fraction of sp³-hybridized carbons (Fsp3) is 0.467. The first-order valence-corrected chi connectivity index (χ1v) is 6.54. The van der Waals surface area contributed by atoms with Crippen LogP contribution < -0.4 is 0 Å². The molecule has 0 aromatic carbocycles. The van der Waals surface area contributed by atoms with Crippen molar-refractivity contribution in [3.05, 3.63) is 34.7 Å². The molecule has 0 unspecified atom stereocenters. The molecule has 0 aliphatic heterocycles. The van der Waals surface area contributed by atoms with Gasteiger partial charge in [-0.05, 0) is 33.3 Å². The van der Waals surface area contributed by atoms with Gasteiger partial charge in [-0.2, -0.15) is 0 Å². The highest BCUT2D eigenvalue weighted by molar-refractivity contribution is 6.00. The molecule has 1 aromatic heterocycles. The Morgan fingerprint density at radius 1 is 1.35 bits per heavy atom. The molecule has 5 heteroatoms. The van der Waals surface area contributed by atoms with Crippen LogP contribution in [0.25, 0.3) is 0 Å². The van der Waals surface area contributed by atoms with Crippen molar-refractivity contribution < 1.29 is 14.3 Å². The number of aromatic nitrogens is 1. The lowest BCUT2D eigenvalue weighted by molar-refractivity contribution is 0.0599. The maximum absolute atomic E-state index is 12.5. The van der Waals surface area contributed by atoms with Crippen LogP contribution in [0.5, 0.6) is 0 Å². The summed E-state index contributed by atoms with van der Waals surface area (Å²) in [7, 11) is 1.33. The lowest BCUT2D eigenvalue weighted by Gasteiger charge is -2.20. The molecule has 1 heterocycles. The number of methoxy groups -OCH3 is 1. The summed E-state index contributed by atoms with van der Waals surface area (Å²) in [4.78, 5) is 28.9. The summed E-state index contributed by atoms with van der Waals surface area (Å²) in [5.41, 5.74) is 3.05. The Balaban J connectivity index is 3.17. The lowest BCUT2D eigenvalue weighted by Crippen LogP contribution is -2.32. The van der Waals surface area contributed by atoms with Crippen molar-refractivity contribution in [3.63, 3.8) is 0 Å². The van der Waals surface area contributed by atoms with Gasteiger partial charge in [-0.15, -0.1) is 0 Å². The molecule has 0 radical (unpaired) electrons. The molecule has 20 heavy (non-hydrogen) atoms. The van der Waals surface area contributed by atoms with Gasteiger partial charge in [-0.25, -0.2) is 4.79 Å². The van der Waals surface area contributed by atoms with Crippen molar-refractivity contribution >= 4 is 11.9 Å². The fourth-order valence-corrected chi connectivity index (χ4v) is 2.18. The van der Waals surface area contributed by atoms with Crippen LogP contribution in [0.4, 0.5) is 0 Å². The number of ether oxygens (including phenoxy) is 1. The third-order valence-electron chi connectivity index (χ3n) is 3.17. The number of rotatable bonds is 5. The minimum absolute atomic E-state index is 0.133. The Kier molecular flexibility index (Phi) is 5.13. The van der Waals surface area contributed by atoms with Gasteiger partial charge in [0.1, 0.15) is 5.69 Å². The van der Waals surface area contributed by atoms with Crippen molar-refractivity contribution in [3.8, 4) is 0 Å². The van der Waals surface area contributed by atoms with E-state index in [2.05, 4.69) is 11.6 Å². The van der Waals surface area contributed by atoms with Crippen LogP contribution in [0.1, 0.15) is 46.0 Å². The molecule has 0 bridgehead atoms. The van der Waals surface area contributed by atoms with Crippen LogP contribution in [-0.4, -0.2) is 42.0 Å². The summed E-state index contributed by atoms with van der Waals surface area (Å²) >= 11 is 0. The summed E-state index contributed by atoms with van der Waals surface area (Å²) in [5.74, 6) is -0.565. The quantitative estimate of drug-likeness (QED) is 0.664. The molecular weight excluding hydrogens is 256 g/mol. The van der Waals surface area contributed by atoms with Gasteiger partial charge in [-0.1, -0.05) is 12.2 Å². The van der Waals surface area contributed by atoms with Crippen LogP contribution in [0.3, 0.4) is 0 Å². The zero-order chi connectivity index (χ0) is 15.4. The van der Waals surface area contributed by atoms with Gasteiger partial charge in [0.15, 0.2) is 0 Å². The third kappa shape index (κ3) is 3.10. The molecule has 1 aromatic rings. The van der Waals surface area contributed by atoms with Crippen molar-refractivity contribution in [2.45, 2.75) is 27.7 Å². The number of hydrogen-bond acceptors (Lipinski definition) is 3. The summed E-state index contributed by atoms with van der Waals surface area (Å²) in [5, 5.41) is 0. The molecule has 1 N–H and O–H groups in total. The van der Waals surface area contributed by atoms with E-state index in [1.165, 1.54) is 7.11 Å². The molecule has 0 fully saturated rings. The SMILES string of the molecule is C=C(C)CN(CC)C(=O)c1[nH]c(C)c(C(=O)OC)c1C. The number of carbonyl (C=O) groups excluding carboxylic acids is 2. The predicted molar refractivity (Wildman–Crippen MR) is 78.0 cm³/mol. The highest BCUT2D eigenvalue weighted by atomic mass is 16.5. The first-order chi connectivity index (χ1) is 9.33. The average Bonchev–Trinajstić information content (AvgIpc) is 2.69. The largest absolute Gasteiger partial charge is 0.465 e. The fourth-order valence-electron chi connectivity index (χ4n) is 2.18. The smallest absolute Gasteiger partial charge is 0.339 e. The molecule has 1 amide bonds. The van der Waals surface area contributed by atoms with Crippen LogP contribution in [0, 0.1) is 13.8 Å². The van der Waals surface area contributed by atoms with Crippen LogP contribution >= 0.6 is 0 Å². The number of aryl methyl sites for hydroxylation is 1. The normalized spacial score (nSPS) is 10.2. The molecular formula is C15H22N2O3. The Morgan fingerprint density at radius 3 is 2.40 bits per heavy atom. The number of hydrogen-bond donors (Lipinski definition) is 1. The van der Waals surface area contributed by atoms with Crippen molar-refractivity contribution in [2.24, 2.45) is 0 Å². The lowest BCUT2D eigenvalue weighted by atomic mass is 10.1. The Morgan fingerprint density at radius 2 is 1.95 bits per heavy atom. The van der Waals surface area contributed by atoms with E-state index in [9.17, 15) is 9.59 Å². The predicted octanol–water partition coefficient (Wildman–Crippen LogP) is 2.46. The molecule has 110 valence electrons. The van der Waals surface area contributed by atoms with Gasteiger partial charge in [0.05, 0.1) is 12.7 Å². The Hall–Kier alpha value is -2.04. The number of H-pyrrole nitrogens is 1. The summed E-state index contributed by atoms with van der Waals surface area (Å²) in [6.07, 6.45) is 0. The maximum atomic E-state index is 12.5. The van der Waals surface area contributed by atoms with Crippen molar-refractivity contribution in [1.29, 1.82) is 0 Å². The van der Waals surface area contributed by atoms with E-state index in [4.69, 9.17) is 4.74 Å². The van der Waals surface area contributed by atoms with E-state index >= 15 is 0 Å². The monoisotopic (exact) mass is 278 g/mol. The molecule has 0 aliphatic rings. The number of esters is 1. The average molecular weight is 278 g/mol. The number of nitrogens with one attached hydrogen (secondary N) is 1. The van der Waals surface area contributed by atoms with Crippen LogP contribution in [-0.2, 0) is 4.74 Å². The van der Waals surface area contributed by atoms with Gasteiger partial charge in [0, 0.05) is 18.8 Å². The molecule has 5 nitrogen and oxygen atoms in total. The Labute approximate surface area is 119 Å². The second-order valence-corrected chi connectivity index (χ2v) is 4.89. The molecule has 0 atom stereocenters. The van der Waals surface area contributed by atoms with E-state index in [1.807, 2.05) is 13.8 Å². The molecule has 0 saturated heterocycles. The molecule has 0 spiro atoms. The maximum Gasteiger partial charge on any atom is 0.339 e. The number of amides is 1. The second-order valence-electron chi connectivity index (χ2n) is 4.89. The van der Waals surface area contributed by atoms with Crippen molar-refractivity contribution in [1.82, 2.24) is 9.88 Å². The summed E-state index contributed by atoms with van der Waals surface area (Å²) in [6, 6.07) is 0. The van der Waals surface area contributed by atoms with E-state index in [0.29, 0.717) is 35.6 Å². The minimum atomic E-state index is -0.432. The van der Waals surface area contributed by atoms with E-state index in [-0.39, 0.29) is 5.91 Å². The van der Waals surface area contributed by atoms with Gasteiger partial charge in [0.2, 0.25) is 0 Å². The molecule has 0 aliphatic carbocycles. The van der Waals surface area contributed by atoms with Crippen LogP contribution in [0.15, 0.2) is 12.2 Å². The van der Waals surface area contributed by atoms with Crippen molar-refractivity contribution in [2.75, 3.05) is 20.2 Å². The van der Waals surface area contributed by atoms with E-state index in [1.54, 1.807) is 18.7 Å². The first kappa shape index (κ1) is 16.0. The second kappa shape index (κ2) is 6.41. The highest BCUT2D eigenvalue weighted by Gasteiger charge is 2.25. The zero-order valence-corrected chi connectivity index (χ0v) is 12.8. The summed E-state index contributed by atoms with van der Waals surface area (Å²) in [6.45, 7) is 12.2. The molecule has 1 rings (SSSR count). The van der Waals surface area contributed by atoms with E-state index in [0.717, 1.165) is 5.57 Å². The first-order valence-electron chi connectivity index (χ1n) is 6.54. The zero-order valence-electron chi connectivity index (χ0n) is 12.8. The summed E-state index contributed by atoms with van der Waals surface area (Å²) < 4.78 is 4.74. The van der Waals surface area contributed by atoms with Gasteiger partial charge >= 0.3 is 5.97 Å². The van der Waals surface area contributed by atoms with Gasteiger partial charge in [0.25, 0.3) is 5.91 Å². The number of nitrogens with zero attached hydrogens (tertiary/aromatic N) is 1. The minimum Gasteiger partial charge on any atom is -0.465 e.